The highest BCUT2D eigenvalue weighted by Gasteiger charge is 2.34. The van der Waals surface area contributed by atoms with Gasteiger partial charge in [0.25, 0.3) is 5.91 Å². The van der Waals surface area contributed by atoms with E-state index < -0.39 is 0 Å². The Balaban J connectivity index is 1.76. The van der Waals surface area contributed by atoms with Gasteiger partial charge in [-0.05, 0) is 37.1 Å². The molecule has 108 valence electrons. The standard InChI is InChI=1S/C16H16N2O2S/c17-9-1-4-14-7-8-15(21-14)16(19)18(12-5-6-12)11-13-3-2-10-20-13/h2-3,7-8,10,12H,5-6,9,11,17H2. The molecule has 0 spiro atoms. The Labute approximate surface area is 127 Å². The summed E-state index contributed by atoms with van der Waals surface area (Å²) in [6.07, 6.45) is 3.77. The van der Waals surface area contributed by atoms with Crippen LogP contribution in [0.3, 0.4) is 0 Å². The molecule has 0 aliphatic heterocycles. The molecule has 0 bridgehead atoms. The lowest BCUT2D eigenvalue weighted by atomic mass is 10.3. The van der Waals surface area contributed by atoms with Crippen LogP contribution >= 0.6 is 11.3 Å². The lowest BCUT2D eigenvalue weighted by Gasteiger charge is -2.20. The van der Waals surface area contributed by atoms with Gasteiger partial charge < -0.3 is 15.1 Å². The van der Waals surface area contributed by atoms with Gasteiger partial charge in [-0.1, -0.05) is 11.8 Å². The van der Waals surface area contributed by atoms with Gasteiger partial charge >= 0.3 is 0 Å². The number of nitrogens with two attached hydrogens (primary N) is 1. The summed E-state index contributed by atoms with van der Waals surface area (Å²) in [4.78, 5) is 16.1. The van der Waals surface area contributed by atoms with Crippen molar-refractivity contribution in [3.63, 3.8) is 0 Å². The van der Waals surface area contributed by atoms with Crippen LogP contribution in [0.25, 0.3) is 0 Å². The van der Waals surface area contributed by atoms with Crippen LogP contribution in [0, 0.1) is 11.8 Å². The fourth-order valence-corrected chi connectivity index (χ4v) is 2.96. The molecule has 0 atom stereocenters. The van der Waals surface area contributed by atoms with Crippen LogP contribution < -0.4 is 5.73 Å². The first-order valence-corrected chi connectivity index (χ1v) is 7.71. The Morgan fingerprint density at radius 3 is 2.95 bits per heavy atom. The molecule has 2 N–H and O–H groups in total. The van der Waals surface area contributed by atoms with Crippen LogP contribution in [0.1, 0.15) is 33.2 Å². The van der Waals surface area contributed by atoms with E-state index in [9.17, 15) is 4.79 Å². The van der Waals surface area contributed by atoms with E-state index in [2.05, 4.69) is 11.8 Å². The van der Waals surface area contributed by atoms with Crippen LogP contribution in [-0.2, 0) is 6.54 Å². The molecule has 1 saturated carbocycles. The molecule has 3 rings (SSSR count). The van der Waals surface area contributed by atoms with Gasteiger partial charge in [-0.3, -0.25) is 4.79 Å². The molecule has 0 aromatic carbocycles. The Kier molecular flexibility index (Phi) is 4.09. The van der Waals surface area contributed by atoms with Crippen LogP contribution in [0.4, 0.5) is 0 Å². The van der Waals surface area contributed by atoms with Gasteiger partial charge in [0.05, 0.1) is 29.1 Å². The summed E-state index contributed by atoms with van der Waals surface area (Å²) in [5.74, 6) is 6.64. The maximum atomic E-state index is 12.7. The van der Waals surface area contributed by atoms with Gasteiger partial charge in [0.15, 0.2) is 0 Å². The Hall–Kier alpha value is -2.03. The first-order chi connectivity index (χ1) is 10.3. The van der Waals surface area contributed by atoms with E-state index in [1.807, 2.05) is 29.2 Å². The highest BCUT2D eigenvalue weighted by atomic mass is 32.1. The highest BCUT2D eigenvalue weighted by Crippen LogP contribution is 2.31. The Morgan fingerprint density at radius 1 is 1.43 bits per heavy atom. The third kappa shape index (κ3) is 3.35. The topological polar surface area (TPSA) is 59.5 Å². The highest BCUT2D eigenvalue weighted by molar-refractivity contribution is 7.14. The van der Waals surface area contributed by atoms with Crippen molar-refractivity contribution in [1.82, 2.24) is 4.90 Å². The van der Waals surface area contributed by atoms with E-state index in [0.29, 0.717) is 19.1 Å². The molecule has 5 heteroatoms. The van der Waals surface area contributed by atoms with Crippen LogP contribution in [0.5, 0.6) is 0 Å². The zero-order valence-electron chi connectivity index (χ0n) is 11.5. The predicted octanol–water partition coefficient (Wildman–Crippen LogP) is 2.46. The minimum absolute atomic E-state index is 0.0553. The van der Waals surface area contributed by atoms with Crippen LogP contribution in [0.15, 0.2) is 34.9 Å². The van der Waals surface area contributed by atoms with Crippen molar-refractivity contribution in [3.05, 3.63) is 46.0 Å². The monoisotopic (exact) mass is 300 g/mol. The van der Waals surface area contributed by atoms with E-state index in [1.54, 1.807) is 6.26 Å². The predicted molar refractivity (Wildman–Crippen MR) is 81.9 cm³/mol. The van der Waals surface area contributed by atoms with Crippen LogP contribution in [-0.4, -0.2) is 23.4 Å². The van der Waals surface area contributed by atoms with E-state index in [4.69, 9.17) is 10.2 Å². The van der Waals surface area contributed by atoms with Crippen molar-refractivity contribution in [2.75, 3.05) is 6.54 Å². The minimum Gasteiger partial charge on any atom is -0.467 e. The Morgan fingerprint density at radius 2 is 2.29 bits per heavy atom. The van der Waals surface area contributed by atoms with E-state index in [1.165, 1.54) is 11.3 Å². The average molecular weight is 300 g/mol. The number of rotatable bonds is 4. The second-order valence-corrected chi connectivity index (χ2v) is 6.00. The SMILES string of the molecule is NCC#Cc1ccc(C(=O)N(Cc2ccco2)C2CC2)s1. The second-order valence-electron chi connectivity index (χ2n) is 4.91. The summed E-state index contributed by atoms with van der Waals surface area (Å²) in [7, 11) is 0. The lowest BCUT2D eigenvalue weighted by Crippen LogP contribution is -2.31. The Bertz CT molecular complexity index is 675. The van der Waals surface area contributed by atoms with E-state index >= 15 is 0 Å². The lowest BCUT2D eigenvalue weighted by molar-refractivity contribution is 0.0722. The molecule has 0 radical (unpaired) electrons. The number of amides is 1. The number of furan rings is 1. The van der Waals surface area contributed by atoms with Gasteiger partial charge in [-0.15, -0.1) is 11.3 Å². The molecule has 2 aromatic heterocycles. The number of hydrogen-bond donors (Lipinski definition) is 1. The van der Waals surface area contributed by atoms with E-state index in [0.717, 1.165) is 28.4 Å². The molecular formula is C16H16N2O2S. The minimum atomic E-state index is 0.0553. The molecule has 1 aliphatic carbocycles. The molecule has 1 aliphatic rings. The van der Waals surface area contributed by atoms with Gasteiger partial charge in [-0.2, -0.15) is 0 Å². The second kappa shape index (κ2) is 6.17. The maximum Gasteiger partial charge on any atom is 0.264 e. The smallest absolute Gasteiger partial charge is 0.264 e. The summed E-state index contributed by atoms with van der Waals surface area (Å²) in [6.45, 7) is 0.853. The zero-order valence-corrected chi connectivity index (χ0v) is 12.4. The van der Waals surface area contributed by atoms with E-state index in [-0.39, 0.29) is 5.91 Å². The molecule has 4 nitrogen and oxygen atoms in total. The van der Waals surface area contributed by atoms with Crippen molar-refractivity contribution in [1.29, 1.82) is 0 Å². The number of thiophene rings is 1. The maximum absolute atomic E-state index is 12.7. The fourth-order valence-electron chi connectivity index (χ4n) is 2.12. The van der Waals surface area contributed by atoms with Crippen molar-refractivity contribution >= 4 is 17.2 Å². The molecule has 0 saturated heterocycles. The third-order valence-corrected chi connectivity index (χ3v) is 4.27. The molecule has 0 unspecified atom stereocenters. The summed E-state index contributed by atoms with van der Waals surface area (Å²) in [5, 5.41) is 0. The first-order valence-electron chi connectivity index (χ1n) is 6.90. The molecule has 2 heterocycles. The number of carbonyl (C=O) groups is 1. The quantitative estimate of drug-likeness (QED) is 0.882. The molecule has 2 aromatic rings. The van der Waals surface area contributed by atoms with Gasteiger partial charge in [0, 0.05) is 6.04 Å². The fraction of sp³-hybridized carbons (Fsp3) is 0.312. The average Bonchev–Trinajstić information content (AvgIpc) is 3.02. The summed E-state index contributed by atoms with van der Waals surface area (Å²) in [5.41, 5.74) is 5.36. The molecular weight excluding hydrogens is 284 g/mol. The summed E-state index contributed by atoms with van der Waals surface area (Å²) in [6, 6.07) is 7.79. The molecule has 1 fully saturated rings. The first kappa shape index (κ1) is 13.9. The summed E-state index contributed by atoms with van der Waals surface area (Å²) < 4.78 is 5.36. The summed E-state index contributed by atoms with van der Waals surface area (Å²) >= 11 is 1.42. The van der Waals surface area contributed by atoms with Crippen molar-refractivity contribution in [2.45, 2.75) is 25.4 Å². The number of carbonyl (C=O) groups excluding carboxylic acids is 1. The van der Waals surface area contributed by atoms with Gasteiger partial charge in [0.2, 0.25) is 0 Å². The largest absolute Gasteiger partial charge is 0.467 e. The van der Waals surface area contributed by atoms with Crippen LogP contribution in [0.2, 0.25) is 0 Å². The molecule has 1 amide bonds. The normalized spacial score (nSPS) is 13.6. The van der Waals surface area contributed by atoms with Gasteiger partial charge in [0.1, 0.15) is 5.76 Å². The van der Waals surface area contributed by atoms with Crippen molar-refractivity contribution in [2.24, 2.45) is 5.73 Å². The molecule has 21 heavy (non-hydrogen) atoms. The number of hydrogen-bond acceptors (Lipinski definition) is 4. The zero-order chi connectivity index (χ0) is 14.7. The van der Waals surface area contributed by atoms with Crippen molar-refractivity contribution in [3.8, 4) is 11.8 Å². The third-order valence-electron chi connectivity index (χ3n) is 3.29. The van der Waals surface area contributed by atoms with Gasteiger partial charge in [-0.25, -0.2) is 0 Å². The van der Waals surface area contributed by atoms with Crippen molar-refractivity contribution < 1.29 is 9.21 Å². The number of nitrogens with zero attached hydrogens (tertiary/aromatic N) is 1.